The minimum atomic E-state index is -3.88. The topological polar surface area (TPSA) is 75.7 Å². The van der Waals surface area contributed by atoms with Crippen molar-refractivity contribution in [3.05, 3.63) is 82.9 Å². The van der Waals surface area contributed by atoms with Crippen LogP contribution in [0.5, 0.6) is 5.75 Å². The number of hydrogen-bond donors (Lipinski definition) is 1. The van der Waals surface area contributed by atoms with Gasteiger partial charge in [0.05, 0.1) is 17.7 Å². The van der Waals surface area contributed by atoms with E-state index in [2.05, 4.69) is 4.72 Å². The van der Waals surface area contributed by atoms with E-state index in [9.17, 15) is 13.2 Å². The molecule has 1 heterocycles. The SMILES string of the molecule is COc1ccc(Cl)cc1NS(=O)(=O)c1ccc2c(c1)C[C@@H](C)N2C(=O)c1ccccc1. The average Bonchev–Trinajstić information content (AvgIpc) is 3.08. The monoisotopic (exact) mass is 456 g/mol. The van der Waals surface area contributed by atoms with Crippen LogP contribution in [0, 0.1) is 0 Å². The molecule has 1 amide bonds. The molecule has 8 heteroatoms. The number of methoxy groups -OCH3 is 1. The number of sulfonamides is 1. The van der Waals surface area contributed by atoms with Crippen LogP contribution in [0.3, 0.4) is 0 Å². The highest BCUT2D eigenvalue weighted by atomic mass is 35.5. The normalized spacial score (nSPS) is 15.5. The van der Waals surface area contributed by atoms with Crippen LogP contribution in [0.25, 0.3) is 0 Å². The summed E-state index contributed by atoms with van der Waals surface area (Å²) in [5, 5.41) is 0.386. The number of anilines is 2. The summed E-state index contributed by atoms with van der Waals surface area (Å²) in [6.07, 6.45) is 0.567. The molecule has 6 nitrogen and oxygen atoms in total. The van der Waals surface area contributed by atoms with Crippen LogP contribution in [0.2, 0.25) is 5.02 Å². The van der Waals surface area contributed by atoms with Gasteiger partial charge in [0.2, 0.25) is 0 Å². The van der Waals surface area contributed by atoms with Crippen molar-refractivity contribution in [2.45, 2.75) is 24.3 Å². The summed E-state index contributed by atoms with van der Waals surface area (Å²) in [5.41, 5.74) is 2.37. The first-order valence-corrected chi connectivity index (χ1v) is 11.5. The number of carbonyl (C=O) groups is 1. The summed E-state index contributed by atoms with van der Waals surface area (Å²) >= 11 is 6.01. The van der Waals surface area contributed by atoms with E-state index in [1.807, 2.05) is 25.1 Å². The Morgan fingerprint density at radius 1 is 1.10 bits per heavy atom. The summed E-state index contributed by atoms with van der Waals surface area (Å²) < 4.78 is 33.8. The molecular weight excluding hydrogens is 436 g/mol. The summed E-state index contributed by atoms with van der Waals surface area (Å²) in [5.74, 6) is 0.256. The fourth-order valence-corrected chi connectivity index (χ4v) is 5.05. The number of nitrogens with one attached hydrogen (secondary N) is 1. The van der Waals surface area contributed by atoms with Gasteiger partial charge in [0.25, 0.3) is 15.9 Å². The molecule has 3 aromatic rings. The summed E-state index contributed by atoms with van der Waals surface area (Å²) in [6.45, 7) is 1.95. The molecule has 4 rings (SSSR count). The lowest BCUT2D eigenvalue weighted by atomic mass is 10.1. The van der Waals surface area contributed by atoms with E-state index in [-0.39, 0.29) is 22.5 Å². The van der Waals surface area contributed by atoms with Crippen molar-refractivity contribution in [1.29, 1.82) is 0 Å². The highest BCUT2D eigenvalue weighted by Gasteiger charge is 2.32. The van der Waals surface area contributed by atoms with Crippen molar-refractivity contribution >= 4 is 38.9 Å². The number of rotatable bonds is 5. The average molecular weight is 457 g/mol. The van der Waals surface area contributed by atoms with Crippen LogP contribution in [0.1, 0.15) is 22.8 Å². The van der Waals surface area contributed by atoms with E-state index in [0.29, 0.717) is 22.8 Å². The molecule has 0 radical (unpaired) electrons. The van der Waals surface area contributed by atoms with Gasteiger partial charge in [-0.05, 0) is 67.4 Å². The van der Waals surface area contributed by atoms with Crippen molar-refractivity contribution in [2.24, 2.45) is 0 Å². The van der Waals surface area contributed by atoms with Crippen molar-refractivity contribution < 1.29 is 17.9 Å². The van der Waals surface area contributed by atoms with E-state index < -0.39 is 10.0 Å². The number of fused-ring (bicyclic) bond motifs is 1. The third-order valence-corrected chi connectivity index (χ3v) is 6.82. The lowest BCUT2D eigenvalue weighted by Gasteiger charge is -2.23. The van der Waals surface area contributed by atoms with Crippen molar-refractivity contribution in [2.75, 3.05) is 16.7 Å². The molecule has 160 valence electrons. The molecule has 1 aliphatic rings. The maximum atomic E-state index is 13.0. The Kier molecular flexibility index (Phi) is 5.64. The van der Waals surface area contributed by atoms with Gasteiger partial charge in [-0.1, -0.05) is 29.8 Å². The molecule has 0 fully saturated rings. The molecule has 1 N–H and O–H groups in total. The van der Waals surface area contributed by atoms with Gasteiger partial charge in [-0.25, -0.2) is 8.42 Å². The van der Waals surface area contributed by atoms with Crippen LogP contribution in [0.4, 0.5) is 11.4 Å². The molecule has 1 atom stereocenters. The maximum Gasteiger partial charge on any atom is 0.262 e. The molecule has 0 unspecified atom stereocenters. The van der Waals surface area contributed by atoms with Crippen molar-refractivity contribution in [3.8, 4) is 5.75 Å². The zero-order valence-corrected chi connectivity index (χ0v) is 18.6. The first-order valence-electron chi connectivity index (χ1n) is 9.68. The molecule has 0 spiro atoms. The summed E-state index contributed by atoms with van der Waals surface area (Å²) in [6, 6.07) is 18.5. The number of carbonyl (C=O) groups excluding carboxylic acids is 1. The quantitative estimate of drug-likeness (QED) is 0.601. The molecule has 0 aromatic heterocycles. The van der Waals surface area contributed by atoms with E-state index >= 15 is 0 Å². The molecule has 0 saturated heterocycles. The molecule has 0 saturated carbocycles. The Morgan fingerprint density at radius 3 is 2.55 bits per heavy atom. The Balaban J connectivity index is 1.65. The Morgan fingerprint density at radius 2 is 1.84 bits per heavy atom. The third kappa shape index (κ3) is 4.11. The highest BCUT2D eigenvalue weighted by molar-refractivity contribution is 7.92. The van der Waals surface area contributed by atoms with Gasteiger partial charge >= 0.3 is 0 Å². The fraction of sp³-hybridized carbons (Fsp3) is 0.174. The van der Waals surface area contributed by atoms with E-state index in [1.54, 1.807) is 41.3 Å². The standard InChI is InChI=1S/C23H21ClN2O4S/c1-15-12-17-13-19(31(28,29)25-20-14-18(24)8-11-22(20)30-2)9-10-21(17)26(15)23(27)16-6-4-3-5-7-16/h3-11,13-15,25H,12H2,1-2H3/t15-/m1/s1. The summed E-state index contributed by atoms with van der Waals surface area (Å²) in [7, 11) is -2.43. The number of benzene rings is 3. The number of hydrogen-bond acceptors (Lipinski definition) is 4. The highest BCUT2D eigenvalue weighted by Crippen LogP contribution is 2.36. The first-order chi connectivity index (χ1) is 14.8. The first kappa shape index (κ1) is 21.2. The number of amides is 1. The van der Waals surface area contributed by atoms with Crippen LogP contribution in [-0.4, -0.2) is 27.5 Å². The van der Waals surface area contributed by atoms with Crippen LogP contribution < -0.4 is 14.4 Å². The Labute approximate surface area is 186 Å². The van der Waals surface area contributed by atoms with Gasteiger partial charge in [-0.3, -0.25) is 9.52 Å². The second-order valence-corrected chi connectivity index (χ2v) is 9.45. The number of nitrogens with zero attached hydrogens (tertiary/aromatic N) is 1. The van der Waals surface area contributed by atoms with Crippen LogP contribution in [0.15, 0.2) is 71.6 Å². The van der Waals surface area contributed by atoms with Gasteiger partial charge in [0, 0.05) is 22.3 Å². The van der Waals surface area contributed by atoms with Gasteiger partial charge in [-0.2, -0.15) is 0 Å². The van der Waals surface area contributed by atoms with Gasteiger partial charge < -0.3 is 9.64 Å². The second-order valence-electron chi connectivity index (χ2n) is 7.33. The number of ether oxygens (including phenoxy) is 1. The molecule has 31 heavy (non-hydrogen) atoms. The lowest BCUT2D eigenvalue weighted by molar-refractivity contribution is 0.0981. The Hall–Kier alpha value is -3.03. The zero-order valence-electron chi connectivity index (χ0n) is 17.0. The second kappa shape index (κ2) is 8.24. The van der Waals surface area contributed by atoms with Crippen LogP contribution in [-0.2, 0) is 16.4 Å². The summed E-state index contributed by atoms with van der Waals surface area (Å²) in [4.78, 5) is 14.8. The van der Waals surface area contributed by atoms with Crippen molar-refractivity contribution in [3.63, 3.8) is 0 Å². The smallest absolute Gasteiger partial charge is 0.262 e. The van der Waals surface area contributed by atoms with E-state index in [4.69, 9.17) is 16.3 Å². The van der Waals surface area contributed by atoms with Gasteiger partial charge in [-0.15, -0.1) is 0 Å². The maximum absolute atomic E-state index is 13.0. The van der Waals surface area contributed by atoms with E-state index in [0.717, 1.165) is 11.3 Å². The molecule has 0 aliphatic carbocycles. The molecule has 1 aliphatic heterocycles. The Bertz CT molecular complexity index is 1250. The van der Waals surface area contributed by atoms with E-state index in [1.165, 1.54) is 19.2 Å². The molecular formula is C23H21ClN2O4S. The largest absolute Gasteiger partial charge is 0.495 e. The third-order valence-electron chi connectivity index (χ3n) is 5.22. The zero-order chi connectivity index (χ0) is 22.2. The minimum absolute atomic E-state index is 0.0818. The van der Waals surface area contributed by atoms with Gasteiger partial charge in [0.15, 0.2) is 0 Å². The lowest BCUT2D eigenvalue weighted by Crippen LogP contribution is -2.35. The molecule has 3 aromatic carbocycles. The van der Waals surface area contributed by atoms with Crippen molar-refractivity contribution in [1.82, 2.24) is 0 Å². The predicted molar refractivity (Wildman–Crippen MR) is 122 cm³/mol. The van der Waals surface area contributed by atoms with Gasteiger partial charge in [0.1, 0.15) is 5.75 Å². The molecule has 0 bridgehead atoms. The minimum Gasteiger partial charge on any atom is -0.495 e. The number of halogens is 1. The predicted octanol–water partition coefficient (Wildman–Crippen LogP) is 4.74. The fourth-order valence-electron chi connectivity index (χ4n) is 3.77. The van der Waals surface area contributed by atoms with Crippen LogP contribution >= 0.6 is 11.6 Å².